The van der Waals surface area contributed by atoms with Crippen molar-refractivity contribution < 1.29 is 33.8 Å². The number of aliphatic hydroxyl groups is 1. The van der Waals surface area contributed by atoms with Crippen LogP contribution in [0.15, 0.2) is 12.2 Å². The molecule has 2 heterocycles. The van der Waals surface area contributed by atoms with Crippen LogP contribution < -0.4 is 5.32 Å². The molecule has 2 atom stereocenters. The fraction of sp³-hybridized carbons (Fsp3) is 0.760. The lowest BCUT2D eigenvalue weighted by Gasteiger charge is -2.33. The molecule has 0 radical (unpaired) electrons. The number of aliphatic hydroxyl groups excluding tert-OH is 1. The van der Waals surface area contributed by atoms with Crippen LogP contribution >= 0.6 is 0 Å². The maximum Gasteiger partial charge on any atom is 0.410 e. The van der Waals surface area contributed by atoms with Gasteiger partial charge in [0.1, 0.15) is 5.60 Å². The van der Waals surface area contributed by atoms with Crippen molar-refractivity contribution in [2.45, 2.75) is 71.4 Å². The van der Waals surface area contributed by atoms with Crippen LogP contribution in [0, 0.1) is 11.8 Å². The summed E-state index contributed by atoms with van der Waals surface area (Å²) in [5.41, 5.74) is -0.524. The predicted molar refractivity (Wildman–Crippen MR) is 129 cm³/mol. The molecule has 0 saturated carbocycles. The first-order valence-corrected chi connectivity index (χ1v) is 12.5. The minimum atomic E-state index is -0.709. The summed E-state index contributed by atoms with van der Waals surface area (Å²) in [7, 11) is 0. The van der Waals surface area contributed by atoms with E-state index in [1.54, 1.807) is 22.8 Å². The van der Waals surface area contributed by atoms with Gasteiger partial charge in [-0.15, -0.1) is 0 Å². The minimum Gasteiger partial charge on any atom is -0.466 e. The number of hydrogen-bond donors (Lipinski definition) is 2. The first kappa shape index (κ1) is 28.6. The molecule has 0 aliphatic carbocycles. The van der Waals surface area contributed by atoms with Crippen molar-refractivity contribution in [1.82, 2.24) is 15.1 Å². The Balaban J connectivity index is 1.80. The van der Waals surface area contributed by atoms with Gasteiger partial charge in [0.05, 0.1) is 31.6 Å². The summed E-state index contributed by atoms with van der Waals surface area (Å²) in [6.45, 7) is 9.14. The van der Waals surface area contributed by atoms with Crippen molar-refractivity contribution in [3.05, 3.63) is 12.2 Å². The number of piperidine rings is 2. The summed E-state index contributed by atoms with van der Waals surface area (Å²) in [5.74, 6) is -1.08. The lowest BCUT2D eigenvalue weighted by atomic mass is 9.95. The highest BCUT2D eigenvalue weighted by molar-refractivity contribution is 5.88. The number of nitrogens with one attached hydrogen (secondary N) is 1. The van der Waals surface area contributed by atoms with E-state index < -0.39 is 23.5 Å². The zero-order valence-corrected chi connectivity index (χ0v) is 21.5. The highest BCUT2D eigenvalue weighted by atomic mass is 16.6. The number of ether oxygens (including phenoxy) is 2. The van der Waals surface area contributed by atoms with Crippen LogP contribution in [0.2, 0.25) is 0 Å². The maximum atomic E-state index is 12.8. The molecule has 0 aromatic heterocycles. The van der Waals surface area contributed by atoms with Gasteiger partial charge < -0.3 is 29.7 Å². The fourth-order valence-electron chi connectivity index (χ4n) is 4.22. The Hall–Kier alpha value is -2.62. The van der Waals surface area contributed by atoms with Crippen molar-refractivity contribution >= 4 is 23.9 Å². The number of carbonyl (C=O) groups is 4. The first-order chi connectivity index (χ1) is 16.5. The van der Waals surface area contributed by atoms with E-state index >= 15 is 0 Å². The van der Waals surface area contributed by atoms with Crippen molar-refractivity contribution in [2.75, 3.05) is 39.4 Å². The number of likely N-dealkylation sites (tertiary alicyclic amines) is 2. The maximum absolute atomic E-state index is 12.8. The van der Waals surface area contributed by atoms with Crippen LogP contribution in [0.4, 0.5) is 4.79 Å². The number of hydrogen-bond acceptors (Lipinski definition) is 7. The molecule has 0 aromatic carbocycles. The van der Waals surface area contributed by atoms with Gasteiger partial charge in [0.25, 0.3) is 0 Å². The predicted octanol–water partition coefficient (Wildman–Crippen LogP) is 1.86. The molecular weight excluding hydrogens is 454 g/mol. The Labute approximate surface area is 208 Å². The van der Waals surface area contributed by atoms with E-state index in [1.165, 1.54) is 0 Å². The number of rotatable bonds is 8. The monoisotopic (exact) mass is 495 g/mol. The quantitative estimate of drug-likeness (QED) is 0.389. The summed E-state index contributed by atoms with van der Waals surface area (Å²) in [5, 5.41) is 12.2. The van der Waals surface area contributed by atoms with E-state index in [9.17, 15) is 24.3 Å². The lowest BCUT2D eigenvalue weighted by Crippen LogP contribution is -2.48. The van der Waals surface area contributed by atoms with E-state index in [0.717, 1.165) is 12.8 Å². The molecule has 2 rings (SSSR count). The van der Waals surface area contributed by atoms with E-state index in [4.69, 9.17) is 9.47 Å². The van der Waals surface area contributed by atoms with E-state index in [1.807, 2.05) is 26.8 Å². The van der Waals surface area contributed by atoms with Gasteiger partial charge in [-0.2, -0.15) is 0 Å². The SMILES string of the molecule is CCOC(=O)CC(CO)NC(=O)[C@@H]1CCCN(C(=O)/C=C/C2CCN(C(=O)OC(C)(C)C)CC2)C1. The zero-order valence-electron chi connectivity index (χ0n) is 21.5. The second kappa shape index (κ2) is 13.5. The largest absolute Gasteiger partial charge is 0.466 e. The molecule has 35 heavy (non-hydrogen) atoms. The molecular formula is C25H41N3O7. The Morgan fingerprint density at radius 3 is 2.37 bits per heavy atom. The molecule has 10 heteroatoms. The van der Waals surface area contributed by atoms with E-state index in [0.29, 0.717) is 39.0 Å². The molecule has 2 aliphatic heterocycles. The van der Waals surface area contributed by atoms with Crippen LogP contribution in [-0.4, -0.2) is 89.8 Å². The number of allylic oxidation sites excluding steroid dienone is 1. The Bertz CT molecular complexity index is 770. The van der Waals surface area contributed by atoms with Crippen molar-refractivity contribution in [3.63, 3.8) is 0 Å². The van der Waals surface area contributed by atoms with Gasteiger partial charge >= 0.3 is 12.1 Å². The molecule has 2 saturated heterocycles. The topological polar surface area (TPSA) is 125 Å². The highest BCUT2D eigenvalue weighted by Crippen LogP contribution is 2.22. The molecule has 198 valence electrons. The molecule has 0 bridgehead atoms. The Morgan fingerprint density at radius 1 is 1.09 bits per heavy atom. The smallest absolute Gasteiger partial charge is 0.410 e. The Morgan fingerprint density at radius 2 is 1.77 bits per heavy atom. The number of esters is 1. The van der Waals surface area contributed by atoms with E-state index in [2.05, 4.69) is 5.32 Å². The summed E-state index contributed by atoms with van der Waals surface area (Å²) in [4.78, 5) is 52.7. The summed E-state index contributed by atoms with van der Waals surface area (Å²) in [6.07, 6.45) is 5.94. The van der Waals surface area contributed by atoms with Crippen LogP contribution in [0.3, 0.4) is 0 Å². The third-order valence-electron chi connectivity index (χ3n) is 6.09. The normalized spacial score (nSPS) is 20.4. The van der Waals surface area contributed by atoms with Gasteiger partial charge in [-0.1, -0.05) is 6.08 Å². The van der Waals surface area contributed by atoms with Crippen LogP contribution in [0.1, 0.15) is 59.8 Å². The molecule has 3 amide bonds. The van der Waals surface area contributed by atoms with Gasteiger partial charge in [-0.05, 0) is 65.4 Å². The van der Waals surface area contributed by atoms with Crippen molar-refractivity contribution in [2.24, 2.45) is 11.8 Å². The average molecular weight is 496 g/mol. The third kappa shape index (κ3) is 9.87. The number of carbonyl (C=O) groups excluding carboxylic acids is 4. The third-order valence-corrected chi connectivity index (χ3v) is 6.09. The summed E-state index contributed by atoms with van der Waals surface area (Å²) in [6, 6.07) is -0.709. The van der Waals surface area contributed by atoms with Crippen LogP contribution in [0.5, 0.6) is 0 Å². The van der Waals surface area contributed by atoms with Gasteiger partial charge in [0, 0.05) is 26.2 Å². The van der Waals surface area contributed by atoms with Gasteiger partial charge in [-0.3, -0.25) is 14.4 Å². The zero-order chi connectivity index (χ0) is 26.0. The van der Waals surface area contributed by atoms with Crippen LogP contribution in [-0.2, 0) is 23.9 Å². The van der Waals surface area contributed by atoms with Crippen molar-refractivity contribution in [3.8, 4) is 0 Å². The van der Waals surface area contributed by atoms with Gasteiger partial charge in [0.2, 0.25) is 11.8 Å². The van der Waals surface area contributed by atoms with Gasteiger partial charge in [0.15, 0.2) is 0 Å². The fourth-order valence-corrected chi connectivity index (χ4v) is 4.22. The average Bonchev–Trinajstić information content (AvgIpc) is 2.81. The summed E-state index contributed by atoms with van der Waals surface area (Å²) >= 11 is 0. The van der Waals surface area contributed by atoms with Crippen molar-refractivity contribution in [1.29, 1.82) is 0 Å². The van der Waals surface area contributed by atoms with Crippen LogP contribution in [0.25, 0.3) is 0 Å². The van der Waals surface area contributed by atoms with E-state index in [-0.39, 0.29) is 43.5 Å². The molecule has 0 spiro atoms. The highest BCUT2D eigenvalue weighted by Gasteiger charge is 2.30. The number of amides is 3. The molecule has 1 unspecified atom stereocenters. The standard InChI is InChI=1S/C25H41N3O7/c1-5-34-22(31)15-20(17-29)26-23(32)19-7-6-12-28(16-19)21(30)9-8-18-10-13-27(14-11-18)24(33)35-25(2,3)4/h8-9,18-20,29H,5-7,10-17H2,1-4H3,(H,26,32)/b9-8+/t19-,20?/m1/s1. The number of nitrogens with zero attached hydrogens (tertiary/aromatic N) is 2. The minimum absolute atomic E-state index is 0.0963. The molecule has 2 N–H and O–H groups in total. The Kier molecular flexibility index (Phi) is 11.0. The molecule has 2 aliphatic rings. The first-order valence-electron chi connectivity index (χ1n) is 12.5. The van der Waals surface area contributed by atoms with Gasteiger partial charge in [-0.25, -0.2) is 4.79 Å². The second-order valence-corrected chi connectivity index (χ2v) is 10.2. The molecule has 10 nitrogen and oxygen atoms in total. The lowest BCUT2D eigenvalue weighted by molar-refractivity contribution is -0.144. The summed E-state index contributed by atoms with van der Waals surface area (Å²) < 4.78 is 10.3. The molecule has 0 aromatic rings. The second-order valence-electron chi connectivity index (χ2n) is 10.2. The molecule has 2 fully saturated rings.